The fourth-order valence-corrected chi connectivity index (χ4v) is 4.83. The summed E-state index contributed by atoms with van der Waals surface area (Å²) in [5, 5.41) is 11.5. The molecule has 2 aliphatic heterocycles. The van der Waals surface area contributed by atoms with E-state index in [-0.39, 0.29) is 11.3 Å². The molecule has 1 atom stereocenters. The Kier molecular flexibility index (Phi) is 8.78. The molecule has 2 aliphatic rings. The minimum Gasteiger partial charge on any atom is -0.507 e. The third-order valence-electron chi connectivity index (χ3n) is 6.79. The highest BCUT2D eigenvalue weighted by Gasteiger charge is 2.46. The lowest BCUT2D eigenvalue weighted by Gasteiger charge is -2.28. The Labute approximate surface area is 223 Å². The van der Waals surface area contributed by atoms with Crippen LogP contribution in [0.3, 0.4) is 0 Å². The van der Waals surface area contributed by atoms with E-state index in [2.05, 4.69) is 18.7 Å². The third kappa shape index (κ3) is 5.43. The topological polar surface area (TPSA) is 97.8 Å². The SMILES string of the molecule is CCOc1ccc([C@H]2C(=C(O)c3ccc4c(c3)OCCO4)C(=O)C(=O)N2CCN(CC)CC)cc1OCC. The van der Waals surface area contributed by atoms with E-state index in [0.29, 0.717) is 73.6 Å². The van der Waals surface area contributed by atoms with E-state index in [1.54, 1.807) is 30.3 Å². The molecule has 38 heavy (non-hydrogen) atoms. The number of amides is 1. The van der Waals surface area contributed by atoms with Gasteiger partial charge in [-0.1, -0.05) is 19.9 Å². The molecule has 0 spiro atoms. The smallest absolute Gasteiger partial charge is 0.295 e. The first-order valence-corrected chi connectivity index (χ1v) is 13.2. The lowest BCUT2D eigenvalue weighted by atomic mass is 9.94. The van der Waals surface area contributed by atoms with E-state index in [1.165, 1.54) is 4.90 Å². The number of likely N-dealkylation sites (N-methyl/N-ethyl adjacent to an activating group) is 1. The van der Waals surface area contributed by atoms with Crippen molar-refractivity contribution in [2.45, 2.75) is 33.7 Å². The third-order valence-corrected chi connectivity index (χ3v) is 6.79. The normalized spacial score (nSPS) is 18.2. The summed E-state index contributed by atoms with van der Waals surface area (Å²) in [6.45, 7) is 12.1. The fourth-order valence-electron chi connectivity index (χ4n) is 4.83. The van der Waals surface area contributed by atoms with E-state index in [0.717, 1.165) is 13.1 Å². The Balaban J connectivity index is 1.82. The number of benzene rings is 2. The van der Waals surface area contributed by atoms with Crippen LogP contribution in [0.25, 0.3) is 5.76 Å². The van der Waals surface area contributed by atoms with Crippen molar-refractivity contribution in [1.82, 2.24) is 9.80 Å². The highest BCUT2D eigenvalue weighted by Crippen LogP contribution is 2.43. The van der Waals surface area contributed by atoms with Crippen LogP contribution >= 0.6 is 0 Å². The Bertz CT molecular complexity index is 1210. The maximum absolute atomic E-state index is 13.4. The Morgan fingerprint density at radius 1 is 0.947 bits per heavy atom. The number of rotatable bonds is 11. The van der Waals surface area contributed by atoms with Crippen molar-refractivity contribution in [3.05, 3.63) is 53.1 Å². The second-order valence-corrected chi connectivity index (χ2v) is 8.95. The molecule has 4 rings (SSSR count). The predicted octanol–water partition coefficient (Wildman–Crippen LogP) is 4.02. The second kappa shape index (κ2) is 12.2. The fraction of sp³-hybridized carbons (Fsp3) is 0.448. The lowest BCUT2D eigenvalue weighted by Crippen LogP contribution is -2.38. The molecule has 0 aliphatic carbocycles. The Morgan fingerprint density at radius 2 is 1.63 bits per heavy atom. The molecule has 2 aromatic rings. The summed E-state index contributed by atoms with van der Waals surface area (Å²) in [7, 11) is 0. The molecule has 0 radical (unpaired) electrons. The average molecular weight is 525 g/mol. The number of nitrogens with zero attached hydrogens (tertiary/aromatic N) is 2. The highest BCUT2D eigenvalue weighted by atomic mass is 16.6. The summed E-state index contributed by atoms with van der Waals surface area (Å²) >= 11 is 0. The van der Waals surface area contributed by atoms with Gasteiger partial charge in [-0.05, 0) is 62.8 Å². The number of aliphatic hydroxyl groups excluding tert-OH is 1. The van der Waals surface area contributed by atoms with Crippen molar-refractivity contribution >= 4 is 17.4 Å². The number of fused-ring (bicyclic) bond motifs is 1. The van der Waals surface area contributed by atoms with Gasteiger partial charge in [-0.3, -0.25) is 9.59 Å². The number of likely N-dealkylation sites (tertiary alicyclic amines) is 1. The molecular formula is C29H36N2O7. The van der Waals surface area contributed by atoms with Crippen LogP contribution in [-0.2, 0) is 9.59 Å². The molecule has 1 N–H and O–H groups in total. The number of ketones is 1. The predicted molar refractivity (Wildman–Crippen MR) is 143 cm³/mol. The molecule has 9 heteroatoms. The number of hydrogen-bond donors (Lipinski definition) is 1. The summed E-state index contributed by atoms with van der Waals surface area (Å²) in [6, 6.07) is 9.56. The zero-order chi connectivity index (χ0) is 27.2. The van der Waals surface area contributed by atoms with Crippen LogP contribution in [0.15, 0.2) is 42.0 Å². The van der Waals surface area contributed by atoms with Crippen LogP contribution in [0, 0.1) is 0 Å². The van der Waals surface area contributed by atoms with Gasteiger partial charge in [0.1, 0.15) is 19.0 Å². The molecule has 204 valence electrons. The number of hydrogen-bond acceptors (Lipinski definition) is 8. The van der Waals surface area contributed by atoms with Gasteiger partial charge in [0.2, 0.25) is 0 Å². The molecule has 1 fully saturated rings. The number of carbonyl (C=O) groups excluding carboxylic acids is 2. The zero-order valence-corrected chi connectivity index (χ0v) is 22.5. The van der Waals surface area contributed by atoms with E-state index < -0.39 is 17.7 Å². The Morgan fingerprint density at radius 3 is 2.32 bits per heavy atom. The van der Waals surface area contributed by atoms with Gasteiger partial charge in [-0.25, -0.2) is 0 Å². The maximum Gasteiger partial charge on any atom is 0.295 e. The highest BCUT2D eigenvalue weighted by molar-refractivity contribution is 6.46. The average Bonchev–Trinajstić information content (AvgIpc) is 3.19. The van der Waals surface area contributed by atoms with Crippen molar-refractivity contribution in [1.29, 1.82) is 0 Å². The number of ether oxygens (including phenoxy) is 4. The van der Waals surface area contributed by atoms with Gasteiger partial charge in [-0.2, -0.15) is 0 Å². The van der Waals surface area contributed by atoms with E-state index in [9.17, 15) is 14.7 Å². The van der Waals surface area contributed by atoms with Gasteiger partial charge < -0.3 is 33.9 Å². The molecule has 1 saturated heterocycles. The van der Waals surface area contributed by atoms with Gasteiger partial charge >= 0.3 is 0 Å². The van der Waals surface area contributed by atoms with Crippen LogP contribution < -0.4 is 18.9 Å². The molecule has 0 aromatic heterocycles. The summed E-state index contributed by atoms with van der Waals surface area (Å²) < 4.78 is 22.8. The maximum atomic E-state index is 13.4. The summed E-state index contributed by atoms with van der Waals surface area (Å²) in [5.74, 6) is 0.499. The monoisotopic (exact) mass is 524 g/mol. The van der Waals surface area contributed by atoms with Crippen LogP contribution in [0.4, 0.5) is 0 Å². The minimum atomic E-state index is -0.798. The van der Waals surface area contributed by atoms with Gasteiger partial charge in [0.25, 0.3) is 11.7 Å². The zero-order valence-electron chi connectivity index (χ0n) is 22.5. The van der Waals surface area contributed by atoms with Crippen molar-refractivity contribution in [3.8, 4) is 23.0 Å². The van der Waals surface area contributed by atoms with Crippen molar-refractivity contribution in [2.24, 2.45) is 0 Å². The van der Waals surface area contributed by atoms with E-state index in [4.69, 9.17) is 18.9 Å². The van der Waals surface area contributed by atoms with Gasteiger partial charge in [-0.15, -0.1) is 0 Å². The van der Waals surface area contributed by atoms with Crippen LogP contribution in [0.2, 0.25) is 0 Å². The standard InChI is InChI=1S/C29H36N2O7/c1-5-30(6-2)13-14-31-26(19-9-11-21(35-7-3)23(17-19)36-8-4)25(28(33)29(31)34)27(32)20-10-12-22-24(18-20)38-16-15-37-22/h9-12,17-18,26,32H,5-8,13-16H2,1-4H3/t26-/m0/s1. The first-order valence-electron chi connectivity index (χ1n) is 13.2. The molecule has 2 aromatic carbocycles. The first-order chi connectivity index (χ1) is 18.4. The molecule has 0 unspecified atom stereocenters. The molecular weight excluding hydrogens is 488 g/mol. The quantitative estimate of drug-likeness (QED) is 0.268. The lowest BCUT2D eigenvalue weighted by molar-refractivity contribution is -0.140. The first kappa shape index (κ1) is 27.3. The van der Waals surface area contributed by atoms with Crippen molar-refractivity contribution < 1.29 is 33.6 Å². The molecule has 1 amide bonds. The van der Waals surface area contributed by atoms with Gasteiger partial charge in [0, 0.05) is 18.7 Å². The largest absolute Gasteiger partial charge is 0.507 e. The van der Waals surface area contributed by atoms with E-state index >= 15 is 0 Å². The number of aliphatic hydroxyl groups is 1. The Hall–Kier alpha value is -3.72. The molecule has 9 nitrogen and oxygen atoms in total. The van der Waals surface area contributed by atoms with Gasteiger partial charge in [0.15, 0.2) is 23.0 Å². The number of Topliss-reactive ketones (excluding diaryl/α,β-unsaturated/α-hetero) is 1. The summed E-state index contributed by atoms with van der Waals surface area (Å²) in [4.78, 5) is 30.5. The molecule has 0 bridgehead atoms. The van der Waals surface area contributed by atoms with Gasteiger partial charge in [0.05, 0.1) is 24.8 Å². The minimum absolute atomic E-state index is 0.0258. The summed E-state index contributed by atoms with van der Waals surface area (Å²) in [6.07, 6.45) is 0. The van der Waals surface area contributed by atoms with Crippen molar-refractivity contribution in [2.75, 3.05) is 52.6 Å². The van der Waals surface area contributed by atoms with Crippen LogP contribution in [0.1, 0.15) is 44.9 Å². The molecule has 0 saturated carbocycles. The van der Waals surface area contributed by atoms with E-state index in [1.807, 2.05) is 19.9 Å². The summed E-state index contributed by atoms with van der Waals surface area (Å²) in [5.41, 5.74) is 1.05. The number of carbonyl (C=O) groups is 2. The van der Waals surface area contributed by atoms with Crippen LogP contribution in [0.5, 0.6) is 23.0 Å². The molecule has 2 heterocycles. The van der Waals surface area contributed by atoms with Crippen LogP contribution in [-0.4, -0.2) is 79.2 Å². The second-order valence-electron chi connectivity index (χ2n) is 8.95. The van der Waals surface area contributed by atoms with Crippen molar-refractivity contribution in [3.63, 3.8) is 0 Å².